The lowest BCUT2D eigenvalue weighted by Crippen LogP contribution is -2.39. The van der Waals surface area contributed by atoms with Gasteiger partial charge in [-0.05, 0) is 43.0 Å². The maximum atomic E-state index is 12.9. The Morgan fingerprint density at radius 2 is 1.87 bits per heavy atom. The van der Waals surface area contributed by atoms with Crippen LogP contribution in [0, 0.1) is 12.8 Å². The van der Waals surface area contributed by atoms with Crippen molar-refractivity contribution in [3.63, 3.8) is 0 Å². The zero-order valence-electron chi connectivity index (χ0n) is 18.3. The molecule has 8 heteroatoms. The van der Waals surface area contributed by atoms with Crippen LogP contribution < -0.4 is 4.72 Å². The summed E-state index contributed by atoms with van der Waals surface area (Å²) in [6, 6.07) is 8.58. The predicted octanol–water partition coefficient (Wildman–Crippen LogP) is 3.64. The number of ether oxygens (including phenoxy) is 1. The van der Waals surface area contributed by atoms with Crippen LogP contribution in [-0.4, -0.2) is 42.2 Å². The number of hydrogen-bond donors (Lipinski definition) is 1. The Morgan fingerprint density at radius 3 is 2.55 bits per heavy atom. The number of aryl methyl sites for hydroxylation is 1. The van der Waals surface area contributed by atoms with Gasteiger partial charge in [-0.1, -0.05) is 32.1 Å². The fourth-order valence-corrected chi connectivity index (χ4v) is 4.69. The number of aromatic nitrogens is 3. The summed E-state index contributed by atoms with van der Waals surface area (Å²) < 4.78 is 36.0. The van der Waals surface area contributed by atoms with Crippen molar-refractivity contribution in [1.29, 1.82) is 0 Å². The number of nitrogens with one attached hydrogen (secondary N) is 1. The van der Waals surface area contributed by atoms with E-state index in [1.807, 2.05) is 42.1 Å². The summed E-state index contributed by atoms with van der Waals surface area (Å²) in [5.41, 5.74) is 2.71. The Labute approximate surface area is 184 Å². The summed E-state index contributed by atoms with van der Waals surface area (Å²) >= 11 is 0. The van der Waals surface area contributed by atoms with E-state index in [0.29, 0.717) is 32.1 Å². The van der Waals surface area contributed by atoms with Crippen molar-refractivity contribution in [3.8, 4) is 11.4 Å². The second kappa shape index (κ2) is 10.2. The molecule has 0 fully saturated rings. The number of pyridine rings is 1. The monoisotopic (exact) mass is 442 g/mol. The van der Waals surface area contributed by atoms with Gasteiger partial charge in [0.1, 0.15) is 11.5 Å². The highest BCUT2D eigenvalue weighted by atomic mass is 32.2. The third-order valence-corrected chi connectivity index (χ3v) is 6.31. The molecule has 7 nitrogen and oxygen atoms in total. The summed E-state index contributed by atoms with van der Waals surface area (Å²) in [5.74, 6) is 1.09. The first-order valence-electron chi connectivity index (χ1n) is 10.4. The Hall–Kier alpha value is -2.55. The number of rotatable bonds is 11. The van der Waals surface area contributed by atoms with Crippen LogP contribution in [0.1, 0.15) is 31.7 Å². The second-order valence-corrected chi connectivity index (χ2v) is 9.79. The van der Waals surface area contributed by atoms with Crippen LogP contribution in [0.5, 0.6) is 0 Å². The average molecular weight is 443 g/mol. The molecule has 1 aromatic rings. The first-order valence-corrected chi connectivity index (χ1v) is 11.8. The second-order valence-electron chi connectivity index (χ2n) is 8.08. The third kappa shape index (κ3) is 6.46. The lowest BCUT2D eigenvalue weighted by molar-refractivity contribution is 0.135. The van der Waals surface area contributed by atoms with E-state index in [-0.39, 0.29) is 10.9 Å². The third-order valence-electron chi connectivity index (χ3n) is 4.77. The molecule has 0 aromatic heterocycles. The normalized spacial score (nSPS) is 13.0. The van der Waals surface area contributed by atoms with Crippen molar-refractivity contribution < 1.29 is 13.2 Å². The van der Waals surface area contributed by atoms with Crippen LogP contribution in [0.15, 0.2) is 60.3 Å². The minimum atomic E-state index is -3.64. The molecule has 1 aromatic carbocycles. The summed E-state index contributed by atoms with van der Waals surface area (Å²) in [6.07, 6.45) is 6.24. The molecule has 0 spiro atoms. The molecule has 0 unspecified atom stereocenters. The van der Waals surface area contributed by atoms with Gasteiger partial charge in [0.05, 0.1) is 23.8 Å². The van der Waals surface area contributed by atoms with Gasteiger partial charge in [-0.3, -0.25) is 0 Å². The Kier molecular flexibility index (Phi) is 7.59. The van der Waals surface area contributed by atoms with Gasteiger partial charge in [0.15, 0.2) is 0 Å². The average Bonchev–Trinajstić information content (AvgIpc) is 3.07. The van der Waals surface area contributed by atoms with Crippen LogP contribution in [0.3, 0.4) is 0 Å². The number of hydrogen-bond acceptors (Lipinski definition) is 5. The minimum Gasteiger partial charge on any atom is -0.376 e. The summed E-state index contributed by atoms with van der Waals surface area (Å²) in [7, 11) is -3.64. The van der Waals surface area contributed by atoms with Crippen LogP contribution in [0.25, 0.3) is 11.4 Å². The maximum Gasteiger partial charge on any atom is 0.240 e. The molecule has 2 aliphatic heterocycles. The van der Waals surface area contributed by atoms with Crippen molar-refractivity contribution in [2.45, 2.75) is 44.7 Å². The van der Waals surface area contributed by atoms with E-state index >= 15 is 0 Å². The molecule has 0 radical (unpaired) electrons. The van der Waals surface area contributed by atoms with E-state index < -0.39 is 10.0 Å². The minimum absolute atomic E-state index is 0.242. The van der Waals surface area contributed by atoms with Gasteiger partial charge >= 0.3 is 0 Å². The number of nitrogens with zero attached hydrogens (tertiary/aromatic N) is 3. The largest absolute Gasteiger partial charge is 0.376 e. The predicted molar refractivity (Wildman–Crippen MR) is 122 cm³/mol. The molecule has 0 saturated carbocycles. The molecule has 3 rings (SSSR count). The van der Waals surface area contributed by atoms with Crippen LogP contribution in [0.2, 0.25) is 0 Å². The van der Waals surface area contributed by atoms with Crippen molar-refractivity contribution in [2.75, 3.05) is 13.2 Å². The number of sulfonamides is 1. The highest BCUT2D eigenvalue weighted by Crippen LogP contribution is 2.19. The van der Waals surface area contributed by atoms with E-state index in [1.165, 1.54) is 0 Å². The molecule has 166 valence electrons. The van der Waals surface area contributed by atoms with E-state index in [0.717, 1.165) is 22.8 Å². The van der Waals surface area contributed by atoms with Crippen molar-refractivity contribution in [1.82, 2.24) is 19.3 Å². The quantitative estimate of drug-likeness (QED) is 0.362. The Bertz CT molecular complexity index is 1070. The highest BCUT2D eigenvalue weighted by Gasteiger charge is 2.21. The zero-order chi connectivity index (χ0) is 22.4. The smallest absolute Gasteiger partial charge is 0.240 e. The lowest BCUT2D eigenvalue weighted by Gasteiger charge is -2.20. The molecule has 0 amide bonds. The van der Waals surface area contributed by atoms with E-state index in [9.17, 15) is 8.42 Å². The van der Waals surface area contributed by atoms with E-state index in [4.69, 9.17) is 4.74 Å². The van der Waals surface area contributed by atoms with Gasteiger partial charge in [0.25, 0.3) is 0 Å². The lowest BCUT2D eigenvalue weighted by atomic mass is 10.1. The van der Waals surface area contributed by atoms with E-state index in [1.54, 1.807) is 18.2 Å². The van der Waals surface area contributed by atoms with Crippen molar-refractivity contribution in [3.05, 3.63) is 66.8 Å². The van der Waals surface area contributed by atoms with Gasteiger partial charge in [0, 0.05) is 25.0 Å². The molecule has 0 aliphatic carbocycles. The maximum absolute atomic E-state index is 12.9. The summed E-state index contributed by atoms with van der Waals surface area (Å²) in [6.45, 7) is 10.9. The van der Waals surface area contributed by atoms with Crippen molar-refractivity contribution in [2.24, 2.45) is 5.92 Å². The molecule has 2 heterocycles. The number of imidazole rings is 1. The standard InChI is InChI=1S/C23H30N4O3S/c1-5-12-30-16-20(13-17(2)3)26-31(28,29)21-8-6-19(7-9-21)14-27-11-10-22-23(15-27)25-18(4)24-22/h5-11,15,17,20,26H,1,12-14,16H2,2-4H3/t20-/m0/s1. The van der Waals surface area contributed by atoms with Crippen LogP contribution in [0.4, 0.5) is 0 Å². The topological polar surface area (TPSA) is 86.1 Å². The fraction of sp³-hybridized carbons (Fsp3) is 0.391. The van der Waals surface area contributed by atoms with Gasteiger partial charge in [0.2, 0.25) is 10.0 Å². The summed E-state index contributed by atoms with van der Waals surface area (Å²) in [4.78, 5) is 9.00. The molecule has 1 N–H and O–H groups in total. The number of fused-ring (bicyclic) bond motifs is 1. The molecule has 31 heavy (non-hydrogen) atoms. The first kappa shape index (κ1) is 23.1. The molecular weight excluding hydrogens is 412 g/mol. The van der Waals surface area contributed by atoms with Gasteiger partial charge in [-0.2, -0.15) is 0 Å². The molecule has 2 aliphatic rings. The van der Waals surface area contributed by atoms with Gasteiger partial charge < -0.3 is 9.30 Å². The van der Waals surface area contributed by atoms with Crippen molar-refractivity contribution >= 4 is 10.0 Å². The van der Waals surface area contributed by atoms with Crippen LogP contribution in [-0.2, 0) is 21.3 Å². The van der Waals surface area contributed by atoms with Crippen LogP contribution >= 0.6 is 0 Å². The zero-order valence-corrected chi connectivity index (χ0v) is 19.1. The molecule has 0 bridgehead atoms. The molecular formula is C23H30N4O3S. The van der Waals surface area contributed by atoms with Gasteiger partial charge in [-0.15, -0.1) is 6.58 Å². The molecule has 1 atom stereocenters. The Morgan fingerprint density at radius 1 is 1.16 bits per heavy atom. The SMILES string of the molecule is C=CCOC[C@H](CC(C)C)NS(=O)(=O)c1ccc(Cn2ccc3nc(C)nc-3c2)cc1. The fourth-order valence-electron chi connectivity index (χ4n) is 3.46. The Balaban J connectivity index is 1.69. The highest BCUT2D eigenvalue weighted by molar-refractivity contribution is 7.89. The van der Waals surface area contributed by atoms with E-state index in [2.05, 4.69) is 35.1 Å². The number of benzene rings is 1. The first-order chi connectivity index (χ1) is 14.8. The summed E-state index contributed by atoms with van der Waals surface area (Å²) in [5, 5.41) is 0. The molecule has 0 saturated heterocycles. The van der Waals surface area contributed by atoms with Gasteiger partial charge in [-0.25, -0.2) is 23.1 Å².